The third-order valence-corrected chi connectivity index (χ3v) is 3.04. The first-order chi connectivity index (χ1) is 9.21. The maximum Gasteiger partial charge on any atom is 0.415 e. The van der Waals surface area contributed by atoms with Crippen LogP contribution in [0.25, 0.3) is 0 Å². The summed E-state index contributed by atoms with van der Waals surface area (Å²) in [6.07, 6.45) is -7.97. The zero-order valence-corrected chi connectivity index (χ0v) is 11.5. The second kappa shape index (κ2) is 7.06. The van der Waals surface area contributed by atoms with Crippen molar-refractivity contribution >= 4 is 0 Å². The summed E-state index contributed by atoms with van der Waals surface area (Å²) in [4.78, 5) is 0. The molecule has 0 aromatic heterocycles. The van der Waals surface area contributed by atoms with Crippen LogP contribution in [0.2, 0.25) is 0 Å². The molecule has 0 fully saturated rings. The molecule has 1 rings (SSSR count). The minimum atomic E-state index is -4.64. The molecule has 1 aromatic carbocycles. The molecule has 0 bridgehead atoms. The molecule has 20 heavy (non-hydrogen) atoms. The van der Waals surface area contributed by atoms with Crippen molar-refractivity contribution < 1.29 is 23.4 Å². The van der Waals surface area contributed by atoms with Gasteiger partial charge in [0, 0.05) is 13.1 Å². The minimum Gasteiger partial charge on any atom is -0.387 e. The monoisotopic (exact) mass is 291 g/mol. The summed E-state index contributed by atoms with van der Waals surface area (Å²) in [5.41, 5.74) is 1.75. The van der Waals surface area contributed by atoms with Crippen molar-refractivity contribution in [3.8, 4) is 0 Å². The number of rotatable bonds is 6. The van der Waals surface area contributed by atoms with Crippen LogP contribution in [0.5, 0.6) is 0 Å². The number of halogens is 3. The molecule has 0 aliphatic heterocycles. The van der Waals surface area contributed by atoms with Crippen LogP contribution in [-0.2, 0) is 0 Å². The SMILES string of the molecule is CC(C)c1ccc(C(O)CNCC(O)C(F)(F)F)cc1. The highest BCUT2D eigenvalue weighted by molar-refractivity contribution is 5.26. The molecule has 2 atom stereocenters. The van der Waals surface area contributed by atoms with Crippen molar-refractivity contribution in [3.63, 3.8) is 0 Å². The van der Waals surface area contributed by atoms with Crippen molar-refractivity contribution in [2.75, 3.05) is 13.1 Å². The van der Waals surface area contributed by atoms with Gasteiger partial charge < -0.3 is 15.5 Å². The molecule has 2 unspecified atom stereocenters. The van der Waals surface area contributed by atoms with Crippen LogP contribution in [-0.4, -0.2) is 35.6 Å². The second-order valence-corrected chi connectivity index (χ2v) is 5.05. The first-order valence-electron chi connectivity index (χ1n) is 6.45. The fraction of sp³-hybridized carbons (Fsp3) is 0.571. The van der Waals surface area contributed by atoms with E-state index in [-0.39, 0.29) is 6.54 Å². The summed E-state index contributed by atoms with van der Waals surface area (Å²) < 4.78 is 36.2. The quantitative estimate of drug-likeness (QED) is 0.754. The van der Waals surface area contributed by atoms with Gasteiger partial charge >= 0.3 is 6.18 Å². The third-order valence-electron chi connectivity index (χ3n) is 3.04. The van der Waals surface area contributed by atoms with E-state index < -0.39 is 24.9 Å². The molecule has 0 saturated carbocycles. The molecule has 3 nitrogen and oxygen atoms in total. The van der Waals surface area contributed by atoms with Crippen LogP contribution < -0.4 is 5.32 Å². The highest BCUT2D eigenvalue weighted by Crippen LogP contribution is 2.20. The molecule has 0 radical (unpaired) electrons. The van der Waals surface area contributed by atoms with Crippen molar-refractivity contribution in [1.29, 1.82) is 0 Å². The average molecular weight is 291 g/mol. The van der Waals surface area contributed by atoms with E-state index in [1.807, 2.05) is 26.0 Å². The molecule has 3 N–H and O–H groups in total. The lowest BCUT2D eigenvalue weighted by molar-refractivity contribution is -0.202. The van der Waals surface area contributed by atoms with Crippen LogP contribution in [0, 0.1) is 0 Å². The number of benzene rings is 1. The molecular weight excluding hydrogens is 271 g/mol. The average Bonchev–Trinajstić information content (AvgIpc) is 2.37. The van der Waals surface area contributed by atoms with E-state index in [0.717, 1.165) is 5.56 Å². The van der Waals surface area contributed by atoms with E-state index in [4.69, 9.17) is 5.11 Å². The summed E-state index contributed by atoms with van der Waals surface area (Å²) in [6, 6.07) is 7.27. The number of hydrogen-bond acceptors (Lipinski definition) is 3. The number of hydrogen-bond donors (Lipinski definition) is 3. The van der Waals surface area contributed by atoms with Gasteiger partial charge in [-0.2, -0.15) is 13.2 Å². The number of aliphatic hydroxyl groups is 2. The lowest BCUT2D eigenvalue weighted by Crippen LogP contribution is -2.39. The van der Waals surface area contributed by atoms with E-state index in [9.17, 15) is 18.3 Å². The van der Waals surface area contributed by atoms with Gasteiger partial charge in [-0.15, -0.1) is 0 Å². The summed E-state index contributed by atoms with van der Waals surface area (Å²) in [5.74, 6) is 0.376. The van der Waals surface area contributed by atoms with Gasteiger partial charge in [-0.3, -0.25) is 0 Å². The van der Waals surface area contributed by atoms with Gasteiger partial charge in [-0.05, 0) is 17.0 Å². The van der Waals surface area contributed by atoms with Crippen molar-refractivity contribution in [2.24, 2.45) is 0 Å². The van der Waals surface area contributed by atoms with Crippen LogP contribution in [0.1, 0.15) is 37.0 Å². The second-order valence-electron chi connectivity index (χ2n) is 5.05. The van der Waals surface area contributed by atoms with Gasteiger partial charge in [0.25, 0.3) is 0 Å². The topological polar surface area (TPSA) is 52.5 Å². The van der Waals surface area contributed by atoms with E-state index in [0.29, 0.717) is 11.5 Å². The minimum absolute atomic E-state index is 0.0475. The molecule has 1 aromatic rings. The molecule has 114 valence electrons. The fourth-order valence-electron chi connectivity index (χ4n) is 1.69. The van der Waals surface area contributed by atoms with Gasteiger partial charge in [0.05, 0.1) is 6.10 Å². The summed E-state index contributed by atoms with van der Waals surface area (Å²) in [7, 11) is 0. The maximum absolute atomic E-state index is 12.1. The summed E-state index contributed by atoms with van der Waals surface area (Å²) in [5, 5.41) is 21.0. The van der Waals surface area contributed by atoms with Gasteiger partial charge in [0.2, 0.25) is 0 Å². The zero-order chi connectivity index (χ0) is 15.3. The lowest BCUT2D eigenvalue weighted by atomic mass is 10.00. The third kappa shape index (κ3) is 5.11. The van der Waals surface area contributed by atoms with Crippen LogP contribution >= 0.6 is 0 Å². The molecule has 6 heteroatoms. The Morgan fingerprint density at radius 3 is 1.95 bits per heavy atom. The van der Waals surface area contributed by atoms with E-state index in [2.05, 4.69) is 5.32 Å². The summed E-state index contributed by atoms with van der Waals surface area (Å²) >= 11 is 0. The van der Waals surface area contributed by atoms with Crippen LogP contribution in [0.15, 0.2) is 24.3 Å². The van der Waals surface area contributed by atoms with Crippen molar-refractivity contribution in [2.45, 2.75) is 38.1 Å². The van der Waals surface area contributed by atoms with E-state index in [1.165, 1.54) is 0 Å². The standard InChI is InChI=1S/C14H20F3NO2/c1-9(2)10-3-5-11(6-4-10)12(19)7-18-8-13(20)14(15,16)17/h3-6,9,12-13,18-20H,7-8H2,1-2H3. The zero-order valence-electron chi connectivity index (χ0n) is 11.5. The van der Waals surface area contributed by atoms with E-state index in [1.54, 1.807) is 12.1 Å². The Kier molecular flexibility index (Phi) is 5.98. The predicted molar refractivity (Wildman–Crippen MR) is 70.4 cm³/mol. The Morgan fingerprint density at radius 2 is 1.50 bits per heavy atom. The maximum atomic E-state index is 12.1. The largest absolute Gasteiger partial charge is 0.415 e. The van der Waals surface area contributed by atoms with Crippen molar-refractivity contribution in [3.05, 3.63) is 35.4 Å². The molecule has 0 saturated heterocycles. The normalized spacial score (nSPS) is 15.4. The Hall–Kier alpha value is -1.11. The Bertz CT molecular complexity index is 404. The van der Waals surface area contributed by atoms with Gasteiger partial charge in [-0.25, -0.2) is 0 Å². The Morgan fingerprint density at radius 1 is 1.00 bits per heavy atom. The first kappa shape index (κ1) is 16.9. The smallest absolute Gasteiger partial charge is 0.387 e. The van der Waals surface area contributed by atoms with Gasteiger partial charge in [0.15, 0.2) is 6.10 Å². The number of alkyl halides is 3. The van der Waals surface area contributed by atoms with Gasteiger partial charge in [-0.1, -0.05) is 38.1 Å². The molecule has 0 heterocycles. The van der Waals surface area contributed by atoms with Crippen LogP contribution in [0.4, 0.5) is 13.2 Å². The molecule has 0 aliphatic carbocycles. The highest BCUT2D eigenvalue weighted by atomic mass is 19.4. The lowest BCUT2D eigenvalue weighted by Gasteiger charge is -2.17. The molecule has 0 aliphatic rings. The van der Waals surface area contributed by atoms with Crippen LogP contribution in [0.3, 0.4) is 0 Å². The number of nitrogens with one attached hydrogen (secondary N) is 1. The molecule has 0 spiro atoms. The van der Waals surface area contributed by atoms with Crippen molar-refractivity contribution in [1.82, 2.24) is 5.32 Å². The number of aliphatic hydroxyl groups excluding tert-OH is 2. The van der Waals surface area contributed by atoms with Gasteiger partial charge in [0.1, 0.15) is 0 Å². The molecule has 0 amide bonds. The fourth-order valence-corrected chi connectivity index (χ4v) is 1.69. The highest BCUT2D eigenvalue weighted by Gasteiger charge is 2.37. The Balaban J connectivity index is 2.45. The first-order valence-corrected chi connectivity index (χ1v) is 6.45. The molecular formula is C14H20F3NO2. The van der Waals surface area contributed by atoms with E-state index >= 15 is 0 Å². The Labute approximate surface area is 116 Å². The summed E-state index contributed by atoms with van der Waals surface area (Å²) in [6.45, 7) is 3.41. The predicted octanol–water partition coefficient (Wildman–Crippen LogP) is 2.36.